The van der Waals surface area contributed by atoms with Crippen molar-refractivity contribution in [2.75, 3.05) is 13.1 Å². The minimum Gasteiger partial charge on any atom is -0.369 e. The molecule has 1 unspecified atom stereocenters. The molecule has 0 saturated carbocycles. The van der Waals surface area contributed by atoms with Gasteiger partial charge >= 0.3 is 0 Å². The molecule has 112 valence electrons. The van der Waals surface area contributed by atoms with Gasteiger partial charge in [0.05, 0.1) is 22.4 Å². The summed E-state index contributed by atoms with van der Waals surface area (Å²) in [6, 6.07) is 6.51. The minimum atomic E-state index is -3.72. The number of hydrogen-bond acceptors (Lipinski definition) is 4. The summed E-state index contributed by atoms with van der Waals surface area (Å²) in [5, 5.41) is 8.92. The third kappa shape index (κ3) is 3.06. The lowest BCUT2D eigenvalue weighted by atomic mass is 9.99. The second kappa shape index (κ2) is 5.84. The maximum atomic E-state index is 12.7. The summed E-state index contributed by atoms with van der Waals surface area (Å²) in [6.45, 7) is 2.15. The molecule has 1 aromatic rings. The third-order valence-electron chi connectivity index (χ3n) is 3.72. The number of benzene rings is 1. The highest BCUT2D eigenvalue weighted by molar-refractivity contribution is 7.89. The molecule has 2 rings (SSSR count). The molecule has 0 spiro atoms. The Balaban J connectivity index is 2.38. The maximum absolute atomic E-state index is 12.7. The van der Waals surface area contributed by atoms with Crippen LogP contribution in [-0.4, -0.2) is 31.7 Å². The molecule has 2 N–H and O–H groups in total. The number of piperidine rings is 1. The van der Waals surface area contributed by atoms with E-state index in [1.807, 2.05) is 6.07 Å². The van der Waals surface area contributed by atoms with Crippen molar-refractivity contribution in [3.8, 4) is 6.07 Å². The predicted molar refractivity (Wildman–Crippen MR) is 76.6 cm³/mol. The van der Waals surface area contributed by atoms with Crippen molar-refractivity contribution in [2.45, 2.75) is 24.7 Å². The van der Waals surface area contributed by atoms with Crippen molar-refractivity contribution in [3.05, 3.63) is 29.3 Å². The Bertz CT molecular complexity index is 707. The van der Waals surface area contributed by atoms with Gasteiger partial charge in [0.15, 0.2) is 0 Å². The molecule has 1 atom stereocenters. The first-order valence-electron chi connectivity index (χ1n) is 6.66. The zero-order valence-electron chi connectivity index (χ0n) is 11.7. The second-order valence-corrected chi connectivity index (χ2v) is 7.10. The van der Waals surface area contributed by atoms with E-state index in [2.05, 4.69) is 0 Å². The molecular formula is C14H17N3O3S. The zero-order chi connectivity index (χ0) is 15.6. The van der Waals surface area contributed by atoms with Crippen LogP contribution in [0.15, 0.2) is 23.1 Å². The second-order valence-electron chi connectivity index (χ2n) is 5.20. The Kier molecular flexibility index (Phi) is 4.30. The minimum absolute atomic E-state index is 0.105. The van der Waals surface area contributed by atoms with Crippen LogP contribution in [0.2, 0.25) is 0 Å². The first kappa shape index (κ1) is 15.5. The standard InChI is InChI=1S/C14H17N3O3S/c1-10-4-5-11(8-15)7-13(10)21(19,20)17-6-2-3-12(9-17)14(16)18/h4-5,7,12H,2-3,6,9H2,1H3,(H2,16,18). The number of carbonyl (C=O) groups excluding carboxylic acids is 1. The normalized spacial score (nSPS) is 19.9. The van der Waals surface area contributed by atoms with Crippen LogP contribution in [0.4, 0.5) is 0 Å². The van der Waals surface area contributed by atoms with E-state index in [9.17, 15) is 13.2 Å². The van der Waals surface area contributed by atoms with Gasteiger partial charge in [0.1, 0.15) is 0 Å². The molecule has 0 radical (unpaired) electrons. The van der Waals surface area contributed by atoms with Crippen LogP contribution in [0.3, 0.4) is 0 Å². The molecule has 1 amide bonds. The number of nitrogens with two attached hydrogens (primary N) is 1. The van der Waals surface area contributed by atoms with E-state index in [1.54, 1.807) is 19.1 Å². The van der Waals surface area contributed by atoms with E-state index in [4.69, 9.17) is 11.0 Å². The fourth-order valence-corrected chi connectivity index (χ4v) is 4.25. The monoisotopic (exact) mass is 307 g/mol. The summed E-state index contributed by atoms with van der Waals surface area (Å²) in [5.74, 6) is -0.926. The van der Waals surface area contributed by atoms with Gasteiger partial charge in [0.2, 0.25) is 15.9 Å². The van der Waals surface area contributed by atoms with Gasteiger partial charge in [-0.2, -0.15) is 9.57 Å². The Hall–Kier alpha value is -1.91. The van der Waals surface area contributed by atoms with Crippen LogP contribution in [0.25, 0.3) is 0 Å². The van der Waals surface area contributed by atoms with Gasteiger partial charge in [-0.15, -0.1) is 0 Å². The molecule has 6 nitrogen and oxygen atoms in total. The predicted octanol–water partition coefficient (Wildman–Crippen LogP) is 0.753. The van der Waals surface area contributed by atoms with Crippen molar-refractivity contribution in [1.29, 1.82) is 5.26 Å². The van der Waals surface area contributed by atoms with E-state index < -0.39 is 21.8 Å². The summed E-state index contributed by atoms with van der Waals surface area (Å²) in [6.07, 6.45) is 1.21. The molecule has 21 heavy (non-hydrogen) atoms. The lowest BCUT2D eigenvalue weighted by molar-refractivity contribution is -0.122. The smallest absolute Gasteiger partial charge is 0.243 e. The number of amides is 1. The summed E-state index contributed by atoms with van der Waals surface area (Å²) in [7, 11) is -3.72. The first-order valence-corrected chi connectivity index (χ1v) is 8.10. The Morgan fingerprint density at radius 2 is 2.19 bits per heavy atom. The topological polar surface area (TPSA) is 104 Å². The van der Waals surface area contributed by atoms with Gasteiger partial charge < -0.3 is 5.73 Å². The molecule has 1 saturated heterocycles. The number of rotatable bonds is 3. The van der Waals surface area contributed by atoms with Gasteiger partial charge in [-0.05, 0) is 37.5 Å². The van der Waals surface area contributed by atoms with Crippen molar-refractivity contribution in [1.82, 2.24) is 4.31 Å². The molecule has 1 aromatic carbocycles. The van der Waals surface area contributed by atoms with Gasteiger partial charge in [-0.25, -0.2) is 8.42 Å². The van der Waals surface area contributed by atoms with Crippen LogP contribution in [-0.2, 0) is 14.8 Å². The third-order valence-corrected chi connectivity index (χ3v) is 5.73. The van der Waals surface area contributed by atoms with E-state index in [0.29, 0.717) is 30.5 Å². The van der Waals surface area contributed by atoms with Gasteiger partial charge in [-0.1, -0.05) is 6.07 Å². The fourth-order valence-electron chi connectivity index (χ4n) is 2.48. The summed E-state index contributed by atoms with van der Waals surface area (Å²) in [4.78, 5) is 11.4. The van der Waals surface area contributed by atoms with Crippen LogP contribution in [0.5, 0.6) is 0 Å². The molecule has 0 aliphatic carbocycles. The number of nitrogens with zero attached hydrogens (tertiary/aromatic N) is 2. The summed E-state index contributed by atoms with van der Waals surface area (Å²) >= 11 is 0. The molecule has 1 aliphatic rings. The van der Waals surface area contributed by atoms with E-state index in [-0.39, 0.29) is 11.4 Å². The number of carbonyl (C=O) groups is 1. The SMILES string of the molecule is Cc1ccc(C#N)cc1S(=O)(=O)N1CCCC(C(N)=O)C1. The van der Waals surface area contributed by atoms with Crippen molar-refractivity contribution >= 4 is 15.9 Å². The van der Waals surface area contributed by atoms with Crippen molar-refractivity contribution in [3.63, 3.8) is 0 Å². The fraction of sp³-hybridized carbons (Fsp3) is 0.429. The van der Waals surface area contributed by atoms with E-state index in [1.165, 1.54) is 10.4 Å². The Morgan fingerprint density at radius 1 is 1.48 bits per heavy atom. The largest absolute Gasteiger partial charge is 0.369 e. The van der Waals surface area contributed by atoms with Gasteiger partial charge in [0, 0.05) is 13.1 Å². The average Bonchev–Trinajstić information content (AvgIpc) is 2.47. The lowest BCUT2D eigenvalue weighted by Gasteiger charge is -2.30. The molecular weight excluding hydrogens is 290 g/mol. The highest BCUT2D eigenvalue weighted by atomic mass is 32.2. The van der Waals surface area contributed by atoms with Crippen LogP contribution in [0, 0.1) is 24.2 Å². The number of aryl methyl sites for hydroxylation is 1. The van der Waals surface area contributed by atoms with Gasteiger partial charge in [-0.3, -0.25) is 4.79 Å². The van der Waals surface area contributed by atoms with Crippen molar-refractivity contribution in [2.24, 2.45) is 11.7 Å². The quantitative estimate of drug-likeness (QED) is 0.889. The molecule has 0 aromatic heterocycles. The van der Waals surface area contributed by atoms with Crippen LogP contribution >= 0.6 is 0 Å². The first-order chi connectivity index (χ1) is 9.86. The summed E-state index contributed by atoms with van der Waals surface area (Å²) in [5.41, 5.74) is 6.16. The molecule has 1 aliphatic heterocycles. The highest BCUT2D eigenvalue weighted by Crippen LogP contribution is 2.26. The van der Waals surface area contributed by atoms with E-state index in [0.717, 1.165) is 0 Å². The Labute approximate surface area is 124 Å². The molecule has 7 heteroatoms. The molecule has 1 heterocycles. The van der Waals surface area contributed by atoms with Crippen molar-refractivity contribution < 1.29 is 13.2 Å². The number of nitriles is 1. The molecule has 0 bridgehead atoms. The van der Waals surface area contributed by atoms with Crippen LogP contribution < -0.4 is 5.73 Å². The molecule has 1 fully saturated rings. The average molecular weight is 307 g/mol. The maximum Gasteiger partial charge on any atom is 0.243 e. The zero-order valence-corrected chi connectivity index (χ0v) is 12.6. The van der Waals surface area contributed by atoms with Crippen LogP contribution in [0.1, 0.15) is 24.0 Å². The number of hydrogen-bond donors (Lipinski definition) is 1. The number of sulfonamides is 1. The highest BCUT2D eigenvalue weighted by Gasteiger charge is 2.33. The van der Waals surface area contributed by atoms with Gasteiger partial charge in [0.25, 0.3) is 0 Å². The number of primary amides is 1. The van der Waals surface area contributed by atoms with E-state index >= 15 is 0 Å². The lowest BCUT2D eigenvalue weighted by Crippen LogP contribution is -2.44. The summed E-state index contributed by atoms with van der Waals surface area (Å²) < 4.78 is 26.7. The Morgan fingerprint density at radius 3 is 2.81 bits per heavy atom.